The first kappa shape index (κ1) is 12.5. The molecule has 0 aliphatic carbocycles. The van der Waals surface area contributed by atoms with Gasteiger partial charge in [0.05, 0.1) is 5.60 Å². The molecule has 0 radical (unpaired) electrons. The smallest absolute Gasteiger partial charge is 0.138 e. The Morgan fingerprint density at radius 3 is 2.82 bits per heavy atom. The number of aromatic nitrogens is 3. The summed E-state index contributed by atoms with van der Waals surface area (Å²) < 4.78 is 7.18. The lowest BCUT2D eigenvalue weighted by Gasteiger charge is -2.31. The van der Waals surface area contributed by atoms with Crippen LogP contribution in [0.15, 0.2) is 6.33 Å². The zero-order valence-electron chi connectivity index (χ0n) is 10.6. The normalized spacial score (nSPS) is 19.8. The zero-order chi connectivity index (χ0) is 12.3. The second-order valence-corrected chi connectivity index (χ2v) is 5.27. The van der Waals surface area contributed by atoms with Crippen LogP contribution in [0.4, 0.5) is 0 Å². The summed E-state index contributed by atoms with van der Waals surface area (Å²) >= 11 is 0. The van der Waals surface area contributed by atoms with Crippen molar-refractivity contribution in [1.82, 2.24) is 14.8 Å². The van der Waals surface area contributed by atoms with Gasteiger partial charge < -0.3 is 9.84 Å². The van der Waals surface area contributed by atoms with E-state index >= 15 is 0 Å². The van der Waals surface area contributed by atoms with E-state index in [1.807, 2.05) is 4.68 Å². The Kier molecular flexibility index (Phi) is 3.79. The molecule has 0 saturated carbocycles. The van der Waals surface area contributed by atoms with Crippen molar-refractivity contribution < 1.29 is 9.84 Å². The SMILES string of the molecule is CC(C)Cn1ncnc1CC1(O)CCOCC1. The minimum absolute atomic E-state index is 0.528. The van der Waals surface area contributed by atoms with Gasteiger partial charge in [-0.1, -0.05) is 13.8 Å². The van der Waals surface area contributed by atoms with Gasteiger partial charge in [0.2, 0.25) is 0 Å². The van der Waals surface area contributed by atoms with Crippen molar-refractivity contribution in [2.45, 2.75) is 45.3 Å². The number of rotatable bonds is 4. The first-order valence-electron chi connectivity index (χ1n) is 6.26. The number of ether oxygens (including phenoxy) is 1. The predicted octanol–water partition coefficient (Wildman–Crippen LogP) is 1.02. The van der Waals surface area contributed by atoms with Crippen LogP contribution in [-0.4, -0.2) is 38.7 Å². The molecule has 0 spiro atoms. The van der Waals surface area contributed by atoms with Gasteiger partial charge in [0.1, 0.15) is 12.2 Å². The Balaban J connectivity index is 2.04. The largest absolute Gasteiger partial charge is 0.389 e. The van der Waals surface area contributed by atoms with Crippen LogP contribution < -0.4 is 0 Å². The molecule has 1 saturated heterocycles. The van der Waals surface area contributed by atoms with Gasteiger partial charge in [-0.15, -0.1) is 0 Å². The molecule has 1 aromatic heterocycles. The third-order valence-corrected chi connectivity index (χ3v) is 3.14. The molecule has 0 bridgehead atoms. The number of hydrogen-bond donors (Lipinski definition) is 1. The van der Waals surface area contributed by atoms with E-state index in [4.69, 9.17) is 4.74 Å². The van der Waals surface area contributed by atoms with E-state index < -0.39 is 5.60 Å². The van der Waals surface area contributed by atoms with Crippen LogP contribution in [0.25, 0.3) is 0 Å². The van der Waals surface area contributed by atoms with E-state index in [9.17, 15) is 5.11 Å². The topological polar surface area (TPSA) is 60.2 Å². The van der Waals surface area contributed by atoms with Gasteiger partial charge in [-0.05, 0) is 5.92 Å². The van der Waals surface area contributed by atoms with Gasteiger partial charge in [-0.2, -0.15) is 5.10 Å². The summed E-state index contributed by atoms with van der Waals surface area (Å²) in [6, 6.07) is 0. The third-order valence-electron chi connectivity index (χ3n) is 3.14. The molecule has 0 amide bonds. The molecule has 1 fully saturated rings. The molecule has 5 heteroatoms. The van der Waals surface area contributed by atoms with Crippen LogP contribution in [0.5, 0.6) is 0 Å². The molecule has 96 valence electrons. The van der Waals surface area contributed by atoms with Crippen LogP contribution in [0, 0.1) is 5.92 Å². The van der Waals surface area contributed by atoms with Crippen LogP contribution >= 0.6 is 0 Å². The first-order valence-corrected chi connectivity index (χ1v) is 6.26. The van der Waals surface area contributed by atoms with Crippen molar-refractivity contribution in [2.75, 3.05) is 13.2 Å². The quantitative estimate of drug-likeness (QED) is 0.852. The molecule has 2 rings (SSSR count). The molecule has 1 aliphatic rings. The summed E-state index contributed by atoms with van der Waals surface area (Å²) in [6.45, 7) is 6.41. The van der Waals surface area contributed by atoms with Gasteiger partial charge in [-0.25, -0.2) is 9.67 Å². The summed E-state index contributed by atoms with van der Waals surface area (Å²) in [6.07, 6.45) is 3.51. The Morgan fingerprint density at radius 1 is 1.47 bits per heavy atom. The van der Waals surface area contributed by atoms with Crippen molar-refractivity contribution in [3.8, 4) is 0 Å². The summed E-state index contributed by atoms with van der Waals surface area (Å²) in [4.78, 5) is 4.26. The summed E-state index contributed by atoms with van der Waals surface area (Å²) in [5, 5.41) is 14.7. The van der Waals surface area contributed by atoms with Crippen LogP contribution in [-0.2, 0) is 17.7 Å². The molecule has 0 unspecified atom stereocenters. The average Bonchev–Trinajstić information content (AvgIpc) is 2.65. The highest BCUT2D eigenvalue weighted by Gasteiger charge is 2.31. The maximum absolute atomic E-state index is 10.4. The van der Waals surface area contributed by atoms with Crippen molar-refractivity contribution >= 4 is 0 Å². The van der Waals surface area contributed by atoms with Gasteiger partial charge in [0.15, 0.2) is 0 Å². The van der Waals surface area contributed by atoms with Gasteiger partial charge in [0.25, 0.3) is 0 Å². The van der Waals surface area contributed by atoms with E-state index in [1.54, 1.807) is 6.33 Å². The van der Waals surface area contributed by atoms with Crippen molar-refractivity contribution in [1.29, 1.82) is 0 Å². The highest BCUT2D eigenvalue weighted by molar-refractivity contribution is 4.96. The van der Waals surface area contributed by atoms with E-state index in [1.165, 1.54) is 0 Å². The maximum Gasteiger partial charge on any atom is 0.138 e. The molecule has 0 atom stereocenters. The lowest BCUT2D eigenvalue weighted by atomic mass is 9.90. The van der Waals surface area contributed by atoms with Gasteiger partial charge in [-0.3, -0.25) is 0 Å². The fourth-order valence-corrected chi connectivity index (χ4v) is 2.15. The van der Waals surface area contributed by atoms with Crippen LogP contribution in [0.1, 0.15) is 32.5 Å². The molecular weight excluding hydrogens is 218 g/mol. The van der Waals surface area contributed by atoms with E-state index in [2.05, 4.69) is 23.9 Å². The third kappa shape index (κ3) is 3.26. The first-order chi connectivity index (χ1) is 8.09. The van der Waals surface area contributed by atoms with E-state index in [0.29, 0.717) is 38.4 Å². The standard InChI is InChI=1S/C12H21N3O2/c1-10(2)8-15-11(13-9-14-15)7-12(16)3-5-17-6-4-12/h9-10,16H,3-8H2,1-2H3. The monoisotopic (exact) mass is 239 g/mol. The summed E-state index contributed by atoms with van der Waals surface area (Å²) in [5.74, 6) is 1.41. The lowest BCUT2D eigenvalue weighted by Crippen LogP contribution is -2.39. The highest BCUT2D eigenvalue weighted by Crippen LogP contribution is 2.24. The maximum atomic E-state index is 10.4. The van der Waals surface area contributed by atoms with Crippen LogP contribution in [0.2, 0.25) is 0 Å². The minimum Gasteiger partial charge on any atom is -0.389 e. The van der Waals surface area contributed by atoms with E-state index in [-0.39, 0.29) is 0 Å². The number of nitrogens with zero attached hydrogens (tertiary/aromatic N) is 3. The highest BCUT2D eigenvalue weighted by atomic mass is 16.5. The lowest BCUT2D eigenvalue weighted by molar-refractivity contribution is -0.0641. The van der Waals surface area contributed by atoms with Crippen LogP contribution in [0.3, 0.4) is 0 Å². The fraction of sp³-hybridized carbons (Fsp3) is 0.833. The molecular formula is C12H21N3O2. The van der Waals surface area contributed by atoms with Crippen molar-refractivity contribution in [3.63, 3.8) is 0 Å². The predicted molar refractivity (Wildman–Crippen MR) is 63.6 cm³/mol. The molecule has 1 N–H and O–H groups in total. The zero-order valence-corrected chi connectivity index (χ0v) is 10.6. The number of hydrogen-bond acceptors (Lipinski definition) is 4. The Morgan fingerprint density at radius 2 is 2.18 bits per heavy atom. The summed E-state index contributed by atoms with van der Waals surface area (Å²) in [5.41, 5.74) is -0.667. The average molecular weight is 239 g/mol. The summed E-state index contributed by atoms with van der Waals surface area (Å²) in [7, 11) is 0. The molecule has 1 aliphatic heterocycles. The number of aliphatic hydroxyl groups is 1. The van der Waals surface area contributed by atoms with Crippen molar-refractivity contribution in [2.24, 2.45) is 5.92 Å². The molecule has 17 heavy (non-hydrogen) atoms. The molecule has 2 heterocycles. The molecule has 0 aromatic carbocycles. The second-order valence-electron chi connectivity index (χ2n) is 5.27. The Bertz CT molecular complexity index is 356. The fourth-order valence-electron chi connectivity index (χ4n) is 2.15. The van der Waals surface area contributed by atoms with Gasteiger partial charge in [0, 0.05) is 39.0 Å². The Hall–Kier alpha value is -0.940. The molecule has 5 nitrogen and oxygen atoms in total. The Labute approximate surface area is 102 Å². The van der Waals surface area contributed by atoms with Gasteiger partial charge >= 0.3 is 0 Å². The molecule has 1 aromatic rings. The second kappa shape index (κ2) is 5.14. The minimum atomic E-state index is -0.667. The van der Waals surface area contributed by atoms with Crippen molar-refractivity contribution in [3.05, 3.63) is 12.2 Å². The van der Waals surface area contributed by atoms with E-state index in [0.717, 1.165) is 12.4 Å².